The van der Waals surface area contributed by atoms with Gasteiger partial charge in [-0.25, -0.2) is 0 Å². The van der Waals surface area contributed by atoms with E-state index in [-0.39, 0.29) is 11.8 Å². The number of carbonyl (C=O) groups excluding carboxylic acids is 2. The highest BCUT2D eigenvalue weighted by Gasteiger charge is 2.27. The molecule has 8 nitrogen and oxygen atoms in total. The van der Waals surface area contributed by atoms with Crippen molar-refractivity contribution in [1.82, 2.24) is 5.32 Å². The fourth-order valence-corrected chi connectivity index (χ4v) is 4.78. The molecule has 37 heavy (non-hydrogen) atoms. The quantitative estimate of drug-likeness (QED) is 0.243. The molecule has 3 aromatic carbocycles. The van der Waals surface area contributed by atoms with Crippen LogP contribution in [0.15, 0.2) is 60.7 Å². The van der Waals surface area contributed by atoms with Gasteiger partial charge < -0.3 is 29.8 Å². The summed E-state index contributed by atoms with van der Waals surface area (Å²) in [4.78, 5) is 46.2. The normalized spacial score (nSPS) is 13.2. The van der Waals surface area contributed by atoms with E-state index in [1.807, 2.05) is 61.5 Å². The first-order valence-corrected chi connectivity index (χ1v) is 13.2. The zero-order valence-corrected chi connectivity index (χ0v) is 21.7. The molecule has 3 aromatic rings. The van der Waals surface area contributed by atoms with Gasteiger partial charge in [0.2, 0.25) is 5.91 Å². The molecule has 0 saturated heterocycles. The van der Waals surface area contributed by atoms with Crippen molar-refractivity contribution in [3.05, 3.63) is 77.4 Å². The Labute approximate surface area is 217 Å². The number of amides is 2. The molecule has 0 aliphatic carbocycles. The fraction of sp³-hybridized carbons (Fsp3) is 0.214. The van der Waals surface area contributed by atoms with Gasteiger partial charge in [-0.1, -0.05) is 48.6 Å². The number of rotatable bonds is 9. The highest BCUT2D eigenvalue weighted by molar-refractivity contribution is 7.39. The lowest BCUT2D eigenvalue weighted by atomic mass is 10.0. The molecule has 0 aromatic heterocycles. The van der Waals surface area contributed by atoms with Gasteiger partial charge in [0.05, 0.1) is 5.69 Å². The SMILES string of the molecule is C/C=C/c1ccc(/C=C/C(=O)N2CCc3c2cc(OP(O)O)c2ccccc32)c(NC(=O)CCNC)c1. The van der Waals surface area contributed by atoms with Gasteiger partial charge in [0.25, 0.3) is 5.91 Å². The van der Waals surface area contributed by atoms with Crippen molar-refractivity contribution >= 4 is 54.7 Å². The Morgan fingerprint density at radius 2 is 1.89 bits per heavy atom. The Morgan fingerprint density at radius 1 is 1.11 bits per heavy atom. The number of hydrogen-bond acceptors (Lipinski definition) is 6. The van der Waals surface area contributed by atoms with Gasteiger partial charge in [-0.15, -0.1) is 0 Å². The molecule has 0 saturated carbocycles. The minimum Gasteiger partial charge on any atom is -0.426 e. The molecule has 9 heteroatoms. The van der Waals surface area contributed by atoms with Crippen LogP contribution in [0.25, 0.3) is 22.9 Å². The molecule has 1 heterocycles. The Hall–Kier alpha value is -3.55. The van der Waals surface area contributed by atoms with Crippen molar-refractivity contribution in [2.75, 3.05) is 30.4 Å². The molecule has 0 spiro atoms. The highest BCUT2D eigenvalue weighted by Crippen LogP contribution is 2.43. The number of benzene rings is 3. The van der Waals surface area contributed by atoms with E-state index in [0.717, 1.165) is 21.9 Å². The predicted octanol–water partition coefficient (Wildman–Crippen LogP) is 4.61. The molecule has 4 rings (SSSR count). The molecule has 0 bridgehead atoms. The number of nitrogens with one attached hydrogen (secondary N) is 2. The topological polar surface area (TPSA) is 111 Å². The molecule has 0 radical (unpaired) electrons. The average molecular weight is 520 g/mol. The third-order valence-electron chi connectivity index (χ3n) is 6.13. The maximum absolute atomic E-state index is 13.3. The van der Waals surface area contributed by atoms with Crippen LogP contribution >= 0.6 is 8.60 Å². The van der Waals surface area contributed by atoms with Crippen LogP contribution in [0, 0.1) is 0 Å². The maximum atomic E-state index is 13.3. The Balaban J connectivity index is 1.63. The summed E-state index contributed by atoms with van der Waals surface area (Å²) >= 11 is 0. The minimum atomic E-state index is -2.60. The van der Waals surface area contributed by atoms with Crippen LogP contribution in [0.5, 0.6) is 5.75 Å². The van der Waals surface area contributed by atoms with Crippen LogP contribution in [0.3, 0.4) is 0 Å². The molecule has 1 aliphatic rings. The maximum Gasteiger partial charge on any atom is 0.391 e. The van der Waals surface area contributed by atoms with E-state index in [1.54, 1.807) is 24.1 Å². The van der Waals surface area contributed by atoms with E-state index in [4.69, 9.17) is 4.52 Å². The lowest BCUT2D eigenvalue weighted by Gasteiger charge is -2.18. The molecular weight excluding hydrogens is 489 g/mol. The van der Waals surface area contributed by atoms with Crippen molar-refractivity contribution in [2.45, 2.75) is 19.8 Å². The first kappa shape index (κ1) is 26.5. The van der Waals surface area contributed by atoms with Crippen LogP contribution in [0.1, 0.15) is 30.0 Å². The first-order chi connectivity index (χ1) is 17.9. The third-order valence-corrected chi connectivity index (χ3v) is 6.49. The van der Waals surface area contributed by atoms with Crippen molar-refractivity contribution in [3.8, 4) is 5.75 Å². The van der Waals surface area contributed by atoms with Crippen LogP contribution < -0.4 is 20.1 Å². The molecule has 4 N–H and O–H groups in total. The molecule has 192 valence electrons. The summed E-state index contributed by atoms with van der Waals surface area (Å²) < 4.78 is 5.29. The van der Waals surface area contributed by atoms with E-state index in [1.165, 1.54) is 6.08 Å². The van der Waals surface area contributed by atoms with E-state index >= 15 is 0 Å². The minimum absolute atomic E-state index is 0.117. The van der Waals surface area contributed by atoms with E-state index in [2.05, 4.69) is 10.6 Å². The smallest absolute Gasteiger partial charge is 0.391 e. The Bertz CT molecular complexity index is 1370. The average Bonchev–Trinajstić information content (AvgIpc) is 3.31. The second kappa shape index (κ2) is 12.1. The lowest BCUT2D eigenvalue weighted by Crippen LogP contribution is -2.26. The Kier molecular flexibility index (Phi) is 8.69. The van der Waals surface area contributed by atoms with Gasteiger partial charge in [-0.3, -0.25) is 9.59 Å². The van der Waals surface area contributed by atoms with E-state index in [0.29, 0.717) is 48.6 Å². The summed E-state index contributed by atoms with van der Waals surface area (Å²) in [5, 5.41) is 7.59. The highest BCUT2D eigenvalue weighted by atomic mass is 31.2. The van der Waals surface area contributed by atoms with Gasteiger partial charge in [0.1, 0.15) is 5.75 Å². The van der Waals surface area contributed by atoms with Gasteiger partial charge >= 0.3 is 8.60 Å². The van der Waals surface area contributed by atoms with Crippen LogP contribution in [0.2, 0.25) is 0 Å². The summed E-state index contributed by atoms with van der Waals surface area (Å²) in [6.07, 6.45) is 8.06. The van der Waals surface area contributed by atoms with Crippen molar-refractivity contribution in [2.24, 2.45) is 0 Å². The number of carbonyl (C=O) groups is 2. The van der Waals surface area contributed by atoms with Crippen molar-refractivity contribution < 1.29 is 23.9 Å². The second-order valence-corrected chi connectivity index (χ2v) is 9.27. The third kappa shape index (κ3) is 6.24. The summed E-state index contributed by atoms with van der Waals surface area (Å²) in [6, 6.07) is 14.9. The fourth-order valence-electron chi connectivity index (χ4n) is 4.45. The number of hydrogen-bond donors (Lipinski definition) is 4. The lowest BCUT2D eigenvalue weighted by molar-refractivity contribution is -0.116. The molecule has 2 amide bonds. The summed E-state index contributed by atoms with van der Waals surface area (Å²) in [5.74, 6) is -0.0194. The monoisotopic (exact) mass is 519 g/mol. The second-order valence-electron chi connectivity index (χ2n) is 8.58. The number of anilines is 2. The molecule has 0 fully saturated rings. The van der Waals surface area contributed by atoms with Gasteiger partial charge in [-0.2, -0.15) is 0 Å². The van der Waals surface area contributed by atoms with Gasteiger partial charge in [0.15, 0.2) is 0 Å². The van der Waals surface area contributed by atoms with Crippen LogP contribution in [0.4, 0.5) is 11.4 Å². The number of allylic oxidation sites excluding steroid dienone is 1. The van der Waals surface area contributed by atoms with Crippen LogP contribution in [-0.2, 0) is 16.0 Å². The van der Waals surface area contributed by atoms with Crippen molar-refractivity contribution in [1.29, 1.82) is 0 Å². The largest absolute Gasteiger partial charge is 0.426 e. The van der Waals surface area contributed by atoms with Crippen molar-refractivity contribution in [3.63, 3.8) is 0 Å². The molecular formula is C28H30N3O5P. The molecule has 0 atom stereocenters. The molecule has 1 aliphatic heterocycles. The summed E-state index contributed by atoms with van der Waals surface area (Å²) in [5.41, 5.74) is 3.98. The predicted molar refractivity (Wildman–Crippen MR) is 149 cm³/mol. The summed E-state index contributed by atoms with van der Waals surface area (Å²) in [6.45, 7) is 2.98. The zero-order chi connectivity index (χ0) is 26.4. The number of fused-ring (bicyclic) bond motifs is 3. The summed E-state index contributed by atoms with van der Waals surface area (Å²) in [7, 11) is -0.812. The number of nitrogens with zero attached hydrogens (tertiary/aromatic N) is 1. The Morgan fingerprint density at radius 3 is 2.62 bits per heavy atom. The molecule has 0 unspecified atom stereocenters. The van der Waals surface area contributed by atoms with Gasteiger partial charge in [0, 0.05) is 42.7 Å². The van der Waals surface area contributed by atoms with Gasteiger partial charge in [-0.05, 0) is 54.6 Å². The van der Waals surface area contributed by atoms with E-state index in [9.17, 15) is 19.4 Å². The standard InChI is InChI=1S/C28H30N3O5P/c1-3-6-19-9-10-20(24(17-19)30-27(32)13-15-29-2)11-12-28(33)31-16-14-22-21-7-4-5-8-23(21)26(18-25(22)31)36-37(34)35/h3-12,17-18,29,34-35H,13-16H2,1-2H3,(H,30,32)/b6-3+,12-11+. The van der Waals surface area contributed by atoms with Crippen LogP contribution in [-0.4, -0.2) is 41.7 Å². The first-order valence-electron chi connectivity index (χ1n) is 12.0. The zero-order valence-electron chi connectivity index (χ0n) is 20.8. The van der Waals surface area contributed by atoms with E-state index < -0.39 is 8.60 Å².